The normalized spacial score (nSPS) is 18.6. The molecule has 2 aromatic rings. The molecule has 2 amide bonds. The van der Waals surface area contributed by atoms with Gasteiger partial charge in [-0.05, 0) is 50.5 Å². The summed E-state index contributed by atoms with van der Waals surface area (Å²) >= 11 is 1.21. The molecule has 1 heterocycles. The highest BCUT2D eigenvalue weighted by molar-refractivity contribution is 8.00. The minimum absolute atomic E-state index is 0.0226. The van der Waals surface area contributed by atoms with Crippen molar-refractivity contribution in [3.63, 3.8) is 0 Å². The fourth-order valence-electron chi connectivity index (χ4n) is 4.07. The Labute approximate surface area is 209 Å². The first-order valence-electron chi connectivity index (χ1n) is 11.5. The van der Waals surface area contributed by atoms with Crippen LogP contribution in [-0.4, -0.2) is 67.1 Å². The molecule has 1 aliphatic heterocycles. The second kappa shape index (κ2) is 10.8. The predicted octanol–water partition coefficient (Wildman–Crippen LogP) is 3.06. The number of sulfone groups is 1. The zero-order valence-electron chi connectivity index (χ0n) is 19.4. The summed E-state index contributed by atoms with van der Waals surface area (Å²) in [5.74, 6) is -1.09. The number of carbonyl (C=O) groups is 3. The Morgan fingerprint density at radius 3 is 2.40 bits per heavy atom. The molecule has 4 rings (SSSR count). The number of anilines is 1. The van der Waals surface area contributed by atoms with Gasteiger partial charge in [0.05, 0.1) is 22.8 Å². The van der Waals surface area contributed by atoms with E-state index in [0.717, 1.165) is 18.4 Å². The summed E-state index contributed by atoms with van der Waals surface area (Å²) in [5, 5.41) is 2.82. The van der Waals surface area contributed by atoms with Crippen molar-refractivity contribution in [2.75, 3.05) is 29.2 Å². The lowest BCUT2D eigenvalue weighted by Gasteiger charge is -2.28. The zero-order chi connectivity index (χ0) is 25.0. The largest absolute Gasteiger partial charge is 0.452 e. The number of benzene rings is 2. The standard InChI is InChI=1S/C25H28N2O6S2/c1-17-6-8-18(9-7-17)26-23(28)15-34-22-5-3-2-4-21(22)25(30)33-14-24(29)27(19-10-11-19)20-12-13-35(31,32)16-20/h2-9,19-20H,10-16H2,1H3,(H,26,28). The van der Waals surface area contributed by atoms with Crippen LogP contribution in [0.1, 0.15) is 35.2 Å². The van der Waals surface area contributed by atoms with Gasteiger partial charge in [0.15, 0.2) is 16.4 Å². The molecule has 0 aromatic heterocycles. The third kappa shape index (κ3) is 6.85. The molecule has 2 fully saturated rings. The maximum absolute atomic E-state index is 12.8. The molecule has 1 saturated carbocycles. The smallest absolute Gasteiger partial charge is 0.339 e. The van der Waals surface area contributed by atoms with E-state index in [0.29, 0.717) is 17.0 Å². The average molecular weight is 517 g/mol. The minimum atomic E-state index is -3.13. The lowest BCUT2D eigenvalue weighted by Crippen LogP contribution is -2.44. The van der Waals surface area contributed by atoms with Gasteiger partial charge in [0.1, 0.15) is 0 Å². The molecule has 0 bridgehead atoms. The van der Waals surface area contributed by atoms with Crippen molar-refractivity contribution in [3.8, 4) is 0 Å². The van der Waals surface area contributed by atoms with E-state index in [1.165, 1.54) is 11.8 Å². The van der Waals surface area contributed by atoms with Crippen LogP contribution in [0, 0.1) is 6.92 Å². The number of rotatable bonds is 9. The number of nitrogens with zero attached hydrogens (tertiary/aromatic N) is 1. The van der Waals surface area contributed by atoms with Gasteiger partial charge in [0.25, 0.3) is 5.91 Å². The molecule has 2 aromatic carbocycles. The van der Waals surface area contributed by atoms with Gasteiger partial charge in [-0.1, -0.05) is 29.8 Å². The molecule has 10 heteroatoms. The van der Waals surface area contributed by atoms with Crippen LogP contribution in [0.2, 0.25) is 0 Å². The first kappa shape index (κ1) is 25.2. The van der Waals surface area contributed by atoms with Gasteiger partial charge in [-0.15, -0.1) is 11.8 Å². The quantitative estimate of drug-likeness (QED) is 0.403. The van der Waals surface area contributed by atoms with Crippen LogP contribution in [0.4, 0.5) is 5.69 Å². The summed E-state index contributed by atoms with van der Waals surface area (Å²) in [7, 11) is -3.13. The fourth-order valence-corrected chi connectivity index (χ4v) is 6.62. The minimum Gasteiger partial charge on any atom is -0.452 e. The Balaban J connectivity index is 1.33. The Bertz CT molecular complexity index is 1210. The molecule has 1 aliphatic carbocycles. The molecule has 0 radical (unpaired) electrons. The van der Waals surface area contributed by atoms with Crippen molar-refractivity contribution < 1.29 is 27.5 Å². The third-order valence-corrected chi connectivity index (χ3v) is 8.78. The highest BCUT2D eigenvalue weighted by Crippen LogP contribution is 2.32. The number of hydrogen-bond donors (Lipinski definition) is 1. The summed E-state index contributed by atoms with van der Waals surface area (Å²) in [6, 6.07) is 13.9. The average Bonchev–Trinajstić information content (AvgIpc) is 3.60. The summed E-state index contributed by atoms with van der Waals surface area (Å²) in [6.07, 6.45) is 2.09. The molecule has 2 aliphatic rings. The van der Waals surface area contributed by atoms with Gasteiger partial charge in [0, 0.05) is 22.7 Å². The van der Waals surface area contributed by atoms with E-state index in [1.54, 1.807) is 29.2 Å². The number of nitrogens with one attached hydrogen (secondary N) is 1. The van der Waals surface area contributed by atoms with E-state index in [9.17, 15) is 22.8 Å². The maximum atomic E-state index is 12.8. The second-order valence-electron chi connectivity index (χ2n) is 8.86. The lowest BCUT2D eigenvalue weighted by atomic mass is 10.2. The van der Waals surface area contributed by atoms with Crippen LogP contribution in [-0.2, 0) is 24.2 Å². The topological polar surface area (TPSA) is 110 Å². The van der Waals surface area contributed by atoms with Crippen LogP contribution in [0.5, 0.6) is 0 Å². The van der Waals surface area contributed by atoms with E-state index < -0.39 is 22.4 Å². The van der Waals surface area contributed by atoms with Crippen LogP contribution in [0.25, 0.3) is 0 Å². The molecule has 1 unspecified atom stereocenters. The Morgan fingerprint density at radius 2 is 1.74 bits per heavy atom. The van der Waals surface area contributed by atoms with Crippen molar-refractivity contribution in [1.29, 1.82) is 0 Å². The Hall–Kier alpha value is -2.85. The second-order valence-corrected chi connectivity index (χ2v) is 12.1. The van der Waals surface area contributed by atoms with Crippen LogP contribution >= 0.6 is 11.8 Å². The maximum Gasteiger partial charge on any atom is 0.339 e. The predicted molar refractivity (Wildman–Crippen MR) is 134 cm³/mol. The number of esters is 1. The Morgan fingerprint density at radius 1 is 1.03 bits per heavy atom. The van der Waals surface area contributed by atoms with Gasteiger partial charge < -0.3 is 15.0 Å². The molecule has 1 atom stereocenters. The first-order chi connectivity index (χ1) is 16.7. The SMILES string of the molecule is Cc1ccc(NC(=O)CSc2ccccc2C(=O)OCC(=O)N(C2CC2)C2CCS(=O)(=O)C2)cc1. The molecule has 1 N–H and O–H groups in total. The first-order valence-corrected chi connectivity index (χ1v) is 14.3. The molecule has 0 spiro atoms. The summed E-state index contributed by atoms with van der Waals surface area (Å²) in [4.78, 5) is 40.1. The van der Waals surface area contributed by atoms with Gasteiger partial charge >= 0.3 is 5.97 Å². The van der Waals surface area contributed by atoms with E-state index >= 15 is 0 Å². The van der Waals surface area contributed by atoms with Gasteiger partial charge in [-0.25, -0.2) is 13.2 Å². The monoisotopic (exact) mass is 516 g/mol. The van der Waals surface area contributed by atoms with Crippen LogP contribution in [0.3, 0.4) is 0 Å². The highest BCUT2D eigenvalue weighted by atomic mass is 32.2. The number of hydrogen-bond acceptors (Lipinski definition) is 7. The molecule has 35 heavy (non-hydrogen) atoms. The molecule has 8 nitrogen and oxygen atoms in total. The third-order valence-electron chi connectivity index (χ3n) is 5.96. The lowest BCUT2D eigenvalue weighted by molar-refractivity contribution is -0.137. The highest BCUT2D eigenvalue weighted by Gasteiger charge is 2.42. The molecular weight excluding hydrogens is 488 g/mol. The Kier molecular flexibility index (Phi) is 7.81. The van der Waals surface area contributed by atoms with Gasteiger partial charge in [-0.2, -0.15) is 0 Å². The number of aryl methyl sites for hydroxylation is 1. The van der Waals surface area contributed by atoms with Crippen molar-refractivity contribution >= 4 is 45.1 Å². The van der Waals surface area contributed by atoms with Crippen molar-refractivity contribution in [2.24, 2.45) is 0 Å². The fraction of sp³-hybridized carbons (Fsp3) is 0.400. The van der Waals surface area contributed by atoms with Crippen LogP contribution < -0.4 is 5.32 Å². The summed E-state index contributed by atoms with van der Waals surface area (Å²) in [5.41, 5.74) is 2.06. The summed E-state index contributed by atoms with van der Waals surface area (Å²) < 4.78 is 29.1. The number of ether oxygens (including phenoxy) is 1. The van der Waals surface area contributed by atoms with E-state index in [2.05, 4.69) is 5.32 Å². The van der Waals surface area contributed by atoms with E-state index in [4.69, 9.17) is 4.74 Å². The number of carbonyl (C=O) groups excluding carboxylic acids is 3. The number of thioether (sulfide) groups is 1. The zero-order valence-corrected chi connectivity index (χ0v) is 21.1. The summed E-state index contributed by atoms with van der Waals surface area (Å²) in [6.45, 7) is 1.52. The van der Waals surface area contributed by atoms with Crippen LogP contribution in [0.15, 0.2) is 53.4 Å². The molecule has 1 saturated heterocycles. The van der Waals surface area contributed by atoms with Crippen molar-refractivity contribution in [1.82, 2.24) is 4.90 Å². The number of amides is 2. The van der Waals surface area contributed by atoms with Crippen molar-refractivity contribution in [3.05, 3.63) is 59.7 Å². The van der Waals surface area contributed by atoms with E-state index in [1.807, 2.05) is 31.2 Å². The van der Waals surface area contributed by atoms with Gasteiger partial charge in [0.2, 0.25) is 5.91 Å². The van der Waals surface area contributed by atoms with Crippen molar-refractivity contribution in [2.45, 2.75) is 43.2 Å². The van der Waals surface area contributed by atoms with Gasteiger partial charge in [-0.3, -0.25) is 9.59 Å². The molecule has 186 valence electrons. The van der Waals surface area contributed by atoms with E-state index in [-0.39, 0.29) is 46.7 Å². The molecular formula is C25H28N2O6S2.